The van der Waals surface area contributed by atoms with E-state index < -0.39 is 0 Å². The molecule has 0 spiro atoms. The van der Waals surface area contributed by atoms with Crippen molar-refractivity contribution in [2.75, 3.05) is 13.1 Å². The van der Waals surface area contributed by atoms with Crippen molar-refractivity contribution in [2.24, 2.45) is 0 Å². The summed E-state index contributed by atoms with van der Waals surface area (Å²) < 4.78 is 0. The van der Waals surface area contributed by atoms with Gasteiger partial charge in [0.1, 0.15) is 0 Å². The Morgan fingerprint density at radius 2 is 1.29 bits per heavy atom. The lowest BCUT2D eigenvalue weighted by Crippen LogP contribution is -2.60. The van der Waals surface area contributed by atoms with Crippen LogP contribution in [0, 0.1) is 0 Å². The fourth-order valence-corrected chi connectivity index (χ4v) is 2.82. The number of hydrogen-bond acceptors (Lipinski definition) is 2. The molecule has 2 nitrogen and oxygen atoms in total. The lowest BCUT2D eigenvalue weighted by molar-refractivity contribution is 0.00391. The maximum Gasteiger partial charge on any atom is 0.0201 e. The predicted octanol–water partition coefficient (Wildman–Crippen LogP) is 2.20. The number of rotatable bonds is 2. The van der Waals surface area contributed by atoms with Gasteiger partial charge in [0.25, 0.3) is 0 Å². The van der Waals surface area contributed by atoms with Crippen molar-refractivity contribution in [3.8, 4) is 0 Å². The van der Waals surface area contributed by atoms with Gasteiger partial charge in [-0.2, -0.15) is 0 Å². The van der Waals surface area contributed by atoms with Crippen LogP contribution in [0.15, 0.2) is 0 Å². The molecular formula is C12H26N2. The summed E-state index contributed by atoms with van der Waals surface area (Å²) >= 11 is 0. The summed E-state index contributed by atoms with van der Waals surface area (Å²) in [6, 6.07) is 2.76. The average Bonchev–Trinajstić information content (AvgIpc) is 2.01. The molecular weight excluding hydrogens is 172 g/mol. The highest BCUT2D eigenvalue weighted by molar-refractivity contribution is 4.87. The first kappa shape index (κ1) is 12.0. The van der Waals surface area contributed by atoms with Crippen molar-refractivity contribution >= 4 is 0 Å². The molecule has 0 N–H and O–H groups in total. The van der Waals surface area contributed by atoms with Crippen LogP contribution in [0.3, 0.4) is 0 Å². The van der Waals surface area contributed by atoms with E-state index in [-0.39, 0.29) is 0 Å². The molecule has 0 amide bonds. The Bertz CT molecular complexity index is 165. The van der Waals surface area contributed by atoms with Gasteiger partial charge in [-0.1, -0.05) is 0 Å². The molecule has 1 aliphatic heterocycles. The Morgan fingerprint density at radius 1 is 0.857 bits per heavy atom. The summed E-state index contributed by atoms with van der Waals surface area (Å²) in [5, 5.41) is 0. The minimum atomic E-state index is 0.675. The van der Waals surface area contributed by atoms with E-state index in [2.05, 4.69) is 51.3 Å². The maximum absolute atomic E-state index is 2.64. The molecule has 1 saturated heterocycles. The third-order valence-corrected chi connectivity index (χ3v) is 3.34. The summed E-state index contributed by atoms with van der Waals surface area (Å²) in [5.41, 5.74) is 0. The van der Waals surface area contributed by atoms with Crippen molar-refractivity contribution < 1.29 is 0 Å². The van der Waals surface area contributed by atoms with Crippen LogP contribution in [-0.4, -0.2) is 47.1 Å². The van der Waals surface area contributed by atoms with Gasteiger partial charge in [0.15, 0.2) is 0 Å². The molecule has 14 heavy (non-hydrogen) atoms. The summed E-state index contributed by atoms with van der Waals surface area (Å²) in [7, 11) is 0. The molecule has 1 heterocycles. The highest BCUT2D eigenvalue weighted by Crippen LogP contribution is 2.19. The standard InChI is InChI=1S/C12H26N2/c1-9(2)13-7-11(5)14(10(3)4)12(6)8-13/h9-12H,7-8H2,1-6H3/t11-,12?/m0/s1. The lowest BCUT2D eigenvalue weighted by atomic mass is 10.0. The molecule has 0 aromatic rings. The van der Waals surface area contributed by atoms with E-state index in [1.807, 2.05) is 0 Å². The van der Waals surface area contributed by atoms with Gasteiger partial charge in [-0.25, -0.2) is 0 Å². The largest absolute Gasteiger partial charge is 0.298 e. The molecule has 0 radical (unpaired) electrons. The molecule has 0 bridgehead atoms. The average molecular weight is 198 g/mol. The second-order valence-electron chi connectivity index (χ2n) is 5.29. The predicted molar refractivity (Wildman–Crippen MR) is 62.6 cm³/mol. The van der Waals surface area contributed by atoms with Crippen LogP contribution >= 0.6 is 0 Å². The van der Waals surface area contributed by atoms with E-state index in [0.29, 0.717) is 24.2 Å². The summed E-state index contributed by atoms with van der Waals surface area (Å²) in [4.78, 5) is 5.23. The van der Waals surface area contributed by atoms with E-state index in [0.717, 1.165) is 0 Å². The van der Waals surface area contributed by atoms with E-state index in [1.54, 1.807) is 0 Å². The first-order valence-electron chi connectivity index (χ1n) is 5.95. The van der Waals surface area contributed by atoms with Gasteiger partial charge in [0.05, 0.1) is 0 Å². The fraction of sp³-hybridized carbons (Fsp3) is 1.00. The second-order valence-corrected chi connectivity index (χ2v) is 5.29. The Labute approximate surface area is 89.3 Å². The van der Waals surface area contributed by atoms with Crippen molar-refractivity contribution in [2.45, 2.75) is 65.7 Å². The summed E-state index contributed by atoms with van der Waals surface area (Å²) in [6.45, 7) is 16.3. The van der Waals surface area contributed by atoms with Crippen LogP contribution < -0.4 is 0 Å². The molecule has 0 saturated carbocycles. The molecule has 2 atom stereocenters. The van der Waals surface area contributed by atoms with Crippen LogP contribution in [0.25, 0.3) is 0 Å². The van der Waals surface area contributed by atoms with Crippen LogP contribution in [0.5, 0.6) is 0 Å². The van der Waals surface area contributed by atoms with Gasteiger partial charge in [-0.3, -0.25) is 9.80 Å². The third kappa shape index (κ3) is 2.48. The first-order valence-corrected chi connectivity index (χ1v) is 5.95. The molecule has 2 heteroatoms. The molecule has 1 unspecified atom stereocenters. The highest BCUT2D eigenvalue weighted by Gasteiger charge is 2.31. The van der Waals surface area contributed by atoms with Gasteiger partial charge in [0, 0.05) is 37.3 Å². The van der Waals surface area contributed by atoms with Gasteiger partial charge >= 0.3 is 0 Å². The summed E-state index contributed by atoms with van der Waals surface area (Å²) in [6.07, 6.45) is 0. The van der Waals surface area contributed by atoms with E-state index in [9.17, 15) is 0 Å². The van der Waals surface area contributed by atoms with Gasteiger partial charge < -0.3 is 0 Å². The smallest absolute Gasteiger partial charge is 0.0201 e. The van der Waals surface area contributed by atoms with Crippen LogP contribution in [0.4, 0.5) is 0 Å². The zero-order valence-corrected chi connectivity index (χ0v) is 10.6. The Balaban J connectivity index is 2.63. The Hall–Kier alpha value is -0.0800. The van der Waals surface area contributed by atoms with Crippen LogP contribution in [0.2, 0.25) is 0 Å². The molecule has 0 aliphatic carbocycles. The summed E-state index contributed by atoms with van der Waals surface area (Å²) in [5.74, 6) is 0. The number of piperazine rings is 1. The Kier molecular flexibility index (Phi) is 3.96. The first-order chi connectivity index (χ1) is 6.43. The lowest BCUT2D eigenvalue weighted by Gasteiger charge is -2.48. The minimum Gasteiger partial charge on any atom is -0.298 e. The molecule has 0 aromatic carbocycles. The molecule has 84 valence electrons. The minimum absolute atomic E-state index is 0.675. The van der Waals surface area contributed by atoms with Gasteiger partial charge in [-0.15, -0.1) is 0 Å². The fourth-order valence-electron chi connectivity index (χ4n) is 2.82. The normalized spacial score (nSPS) is 31.7. The quantitative estimate of drug-likeness (QED) is 0.671. The van der Waals surface area contributed by atoms with Crippen LogP contribution in [0.1, 0.15) is 41.5 Å². The Morgan fingerprint density at radius 3 is 1.57 bits per heavy atom. The van der Waals surface area contributed by atoms with E-state index >= 15 is 0 Å². The van der Waals surface area contributed by atoms with Crippen molar-refractivity contribution in [3.63, 3.8) is 0 Å². The van der Waals surface area contributed by atoms with Crippen LogP contribution in [-0.2, 0) is 0 Å². The van der Waals surface area contributed by atoms with Crippen molar-refractivity contribution in [3.05, 3.63) is 0 Å². The zero-order valence-electron chi connectivity index (χ0n) is 10.6. The van der Waals surface area contributed by atoms with E-state index in [4.69, 9.17) is 0 Å². The second kappa shape index (κ2) is 4.63. The van der Waals surface area contributed by atoms with E-state index in [1.165, 1.54) is 13.1 Å². The molecule has 1 fully saturated rings. The zero-order chi connectivity index (χ0) is 10.9. The molecule has 1 aliphatic rings. The van der Waals surface area contributed by atoms with Crippen molar-refractivity contribution in [1.29, 1.82) is 0 Å². The maximum atomic E-state index is 2.64. The monoisotopic (exact) mass is 198 g/mol. The van der Waals surface area contributed by atoms with Crippen molar-refractivity contribution in [1.82, 2.24) is 9.80 Å². The third-order valence-electron chi connectivity index (χ3n) is 3.34. The highest BCUT2D eigenvalue weighted by atomic mass is 15.3. The van der Waals surface area contributed by atoms with Gasteiger partial charge in [-0.05, 0) is 41.5 Å². The SMILES string of the molecule is CC(C)N1CC(C)N(C(C)C)[C@@H](C)C1. The number of nitrogens with zero attached hydrogens (tertiary/aromatic N) is 2. The molecule has 0 aromatic heterocycles. The molecule has 1 rings (SSSR count). The topological polar surface area (TPSA) is 6.48 Å². The number of hydrogen-bond donors (Lipinski definition) is 0. The van der Waals surface area contributed by atoms with Gasteiger partial charge in [0.2, 0.25) is 0 Å².